The first-order valence-electron chi connectivity index (χ1n) is 4.35. The lowest BCUT2D eigenvalue weighted by atomic mass is 9.92. The second-order valence-corrected chi connectivity index (χ2v) is 2.99. The van der Waals surface area contributed by atoms with E-state index < -0.39 is 0 Å². The number of rotatable bonds is 4. The molecule has 1 heteroatoms. The monoisotopic (exact) mass is 173 g/mol. The van der Waals surface area contributed by atoms with Crippen LogP contribution in [-0.4, -0.2) is 6.04 Å². The Morgan fingerprint density at radius 2 is 1.69 bits per heavy atom. The van der Waals surface area contributed by atoms with Crippen LogP contribution in [0.2, 0.25) is 0 Å². The van der Waals surface area contributed by atoms with Gasteiger partial charge in [0.05, 0.1) is 0 Å². The molecule has 0 spiro atoms. The van der Waals surface area contributed by atoms with Crippen molar-refractivity contribution in [1.82, 2.24) is 0 Å². The van der Waals surface area contributed by atoms with Crippen molar-refractivity contribution >= 4 is 0 Å². The van der Waals surface area contributed by atoms with Gasteiger partial charge in [-0.2, -0.15) is 0 Å². The fourth-order valence-electron chi connectivity index (χ4n) is 1.34. The van der Waals surface area contributed by atoms with Gasteiger partial charge in [0.2, 0.25) is 0 Å². The Labute approximate surface area is 79.6 Å². The SMILES string of the molecule is C=CC(N)C(C=C)c1ccccc1. The minimum atomic E-state index is -0.0556. The number of hydrogen-bond donors (Lipinski definition) is 1. The highest BCUT2D eigenvalue weighted by Crippen LogP contribution is 2.19. The quantitative estimate of drug-likeness (QED) is 0.695. The third-order valence-electron chi connectivity index (χ3n) is 2.13. The van der Waals surface area contributed by atoms with Crippen LogP contribution in [0.1, 0.15) is 11.5 Å². The van der Waals surface area contributed by atoms with Gasteiger partial charge in [0.1, 0.15) is 0 Å². The van der Waals surface area contributed by atoms with Crippen molar-refractivity contribution < 1.29 is 0 Å². The van der Waals surface area contributed by atoms with Crippen LogP contribution >= 0.6 is 0 Å². The van der Waals surface area contributed by atoms with Gasteiger partial charge >= 0.3 is 0 Å². The molecule has 0 aliphatic heterocycles. The van der Waals surface area contributed by atoms with Crippen LogP contribution in [0.3, 0.4) is 0 Å². The summed E-state index contributed by atoms with van der Waals surface area (Å²) in [6.07, 6.45) is 3.61. The predicted molar refractivity (Wildman–Crippen MR) is 57.6 cm³/mol. The van der Waals surface area contributed by atoms with Crippen LogP contribution in [0.4, 0.5) is 0 Å². The van der Waals surface area contributed by atoms with Gasteiger partial charge in [-0.1, -0.05) is 42.5 Å². The molecule has 0 aromatic heterocycles. The molecule has 0 saturated carbocycles. The van der Waals surface area contributed by atoms with Gasteiger partial charge < -0.3 is 5.73 Å². The van der Waals surface area contributed by atoms with E-state index in [0.717, 1.165) is 0 Å². The zero-order chi connectivity index (χ0) is 9.68. The first-order chi connectivity index (χ1) is 6.29. The summed E-state index contributed by atoms with van der Waals surface area (Å²) < 4.78 is 0. The zero-order valence-corrected chi connectivity index (χ0v) is 7.69. The van der Waals surface area contributed by atoms with E-state index in [-0.39, 0.29) is 12.0 Å². The normalized spacial score (nSPS) is 14.5. The van der Waals surface area contributed by atoms with Gasteiger partial charge in [0.25, 0.3) is 0 Å². The highest BCUT2D eigenvalue weighted by Gasteiger charge is 2.12. The molecule has 2 unspecified atom stereocenters. The zero-order valence-electron chi connectivity index (χ0n) is 7.69. The van der Waals surface area contributed by atoms with E-state index in [4.69, 9.17) is 5.73 Å². The van der Waals surface area contributed by atoms with Crippen LogP contribution in [0.25, 0.3) is 0 Å². The van der Waals surface area contributed by atoms with Crippen molar-refractivity contribution in [3.63, 3.8) is 0 Å². The smallest absolute Gasteiger partial charge is 0.0326 e. The molecule has 1 aromatic carbocycles. The molecule has 0 aliphatic rings. The summed E-state index contributed by atoms with van der Waals surface area (Å²) in [6, 6.07) is 10.0. The molecule has 1 rings (SSSR count). The molecular weight excluding hydrogens is 158 g/mol. The molecule has 0 aliphatic carbocycles. The Morgan fingerprint density at radius 3 is 2.15 bits per heavy atom. The van der Waals surface area contributed by atoms with Gasteiger partial charge in [-0.3, -0.25) is 0 Å². The summed E-state index contributed by atoms with van der Waals surface area (Å²) in [6.45, 7) is 7.46. The van der Waals surface area contributed by atoms with Gasteiger partial charge in [-0.15, -0.1) is 13.2 Å². The van der Waals surface area contributed by atoms with Crippen molar-refractivity contribution in [3.05, 3.63) is 61.2 Å². The van der Waals surface area contributed by atoms with Crippen molar-refractivity contribution in [2.45, 2.75) is 12.0 Å². The first-order valence-corrected chi connectivity index (χ1v) is 4.35. The minimum Gasteiger partial charge on any atom is -0.324 e. The summed E-state index contributed by atoms with van der Waals surface area (Å²) in [7, 11) is 0. The highest BCUT2D eigenvalue weighted by atomic mass is 14.6. The van der Waals surface area contributed by atoms with Gasteiger partial charge in [-0.05, 0) is 5.56 Å². The number of hydrogen-bond acceptors (Lipinski definition) is 1. The van der Waals surface area contributed by atoms with Crippen LogP contribution in [0, 0.1) is 0 Å². The molecule has 0 radical (unpaired) electrons. The van der Waals surface area contributed by atoms with E-state index in [1.54, 1.807) is 6.08 Å². The molecule has 0 heterocycles. The molecule has 68 valence electrons. The van der Waals surface area contributed by atoms with Crippen molar-refractivity contribution in [2.75, 3.05) is 0 Å². The third kappa shape index (κ3) is 2.30. The standard InChI is InChI=1S/C12H15N/c1-3-11(12(13)4-2)10-8-6-5-7-9-10/h3-9,11-12H,1-2,13H2. The molecule has 1 nitrogen and oxygen atoms in total. The Hall–Kier alpha value is -1.34. The summed E-state index contributed by atoms with van der Waals surface area (Å²) in [4.78, 5) is 0. The molecule has 2 N–H and O–H groups in total. The van der Waals surface area contributed by atoms with Gasteiger partial charge in [0, 0.05) is 12.0 Å². The average molecular weight is 173 g/mol. The Balaban J connectivity index is 2.90. The summed E-state index contributed by atoms with van der Waals surface area (Å²) in [5.74, 6) is 0.165. The van der Waals surface area contributed by atoms with Crippen molar-refractivity contribution in [3.8, 4) is 0 Å². The van der Waals surface area contributed by atoms with E-state index in [9.17, 15) is 0 Å². The molecule has 2 atom stereocenters. The molecule has 0 fully saturated rings. The van der Waals surface area contributed by atoms with Crippen molar-refractivity contribution in [2.24, 2.45) is 5.73 Å². The van der Waals surface area contributed by atoms with E-state index in [2.05, 4.69) is 25.3 Å². The molecule has 0 amide bonds. The van der Waals surface area contributed by atoms with Crippen LogP contribution in [0.5, 0.6) is 0 Å². The minimum absolute atomic E-state index is 0.0556. The fourth-order valence-corrected chi connectivity index (χ4v) is 1.34. The molecule has 1 aromatic rings. The molecule has 13 heavy (non-hydrogen) atoms. The summed E-state index contributed by atoms with van der Waals surface area (Å²) in [5, 5.41) is 0. The third-order valence-corrected chi connectivity index (χ3v) is 2.13. The van der Waals surface area contributed by atoms with E-state index in [1.807, 2.05) is 24.3 Å². The van der Waals surface area contributed by atoms with Crippen LogP contribution in [-0.2, 0) is 0 Å². The lowest BCUT2D eigenvalue weighted by Crippen LogP contribution is -2.24. The van der Waals surface area contributed by atoms with Gasteiger partial charge in [0.15, 0.2) is 0 Å². The average Bonchev–Trinajstić information content (AvgIpc) is 2.20. The second kappa shape index (κ2) is 4.63. The molecule has 0 bridgehead atoms. The van der Waals surface area contributed by atoms with Crippen LogP contribution in [0.15, 0.2) is 55.6 Å². The fraction of sp³-hybridized carbons (Fsp3) is 0.167. The summed E-state index contributed by atoms with van der Waals surface area (Å²) >= 11 is 0. The lowest BCUT2D eigenvalue weighted by molar-refractivity contribution is 0.723. The number of nitrogens with two attached hydrogens (primary N) is 1. The topological polar surface area (TPSA) is 26.0 Å². The maximum Gasteiger partial charge on any atom is 0.0326 e. The summed E-state index contributed by atoms with van der Waals surface area (Å²) in [5.41, 5.74) is 7.06. The van der Waals surface area contributed by atoms with Crippen molar-refractivity contribution in [1.29, 1.82) is 0 Å². The maximum absolute atomic E-state index is 5.87. The maximum atomic E-state index is 5.87. The Kier molecular flexibility index (Phi) is 3.47. The van der Waals surface area contributed by atoms with Gasteiger partial charge in [-0.25, -0.2) is 0 Å². The largest absolute Gasteiger partial charge is 0.324 e. The first kappa shape index (κ1) is 9.75. The van der Waals surface area contributed by atoms with Crippen LogP contribution < -0.4 is 5.73 Å². The highest BCUT2D eigenvalue weighted by molar-refractivity contribution is 5.26. The molecular formula is C12H15N. The van der Waals surface area contributed by atoms with E-state index in [0.29, 0.717) is 0 Å². The number of benzene rings is 1. The Bertz CT molecular complexity index is 276. The van der Waals surface area contributed by atoms with E-state index >= 15 is 0 Å². The lowest BCUT2D eigenvalue weighted by Gasteiger charge is -2.17. The van der Waals surface area contributed by atoms with E-state index in [1.165, 1.54) is 5.56 Å². The molecule has 0 saturated heterocycles. The Morgan fingerprint density at radius 1 is 1.08 bits per heavy atom. The second-order valence-electron chi connectivity index (χ2n) is 2.99. The predicted octanol–water partition coefficient (Wildman–Crippen LogP) is 2.47.